The van der Waals surface area contributed by atoms with Crippen molar-refractivity contribution in [1.82, 2.24) is 14.9 Å². The molecule has 0 aliphatic heterocycles. The molecule has 4 rings (SSSR count). The van der Waals surface area contributed by atoms with E-state index in [0.717, 1.165) is 20.5 Å². The molecule has 0 bridgehead atoms. The van der Waals surface area contributed by atoms with Gasteiger partial charge in [-0.2, -0.15) is 4.68 Å². The van der Waals surface area contributed by atoms with Gasteiger partial charge < -0.3 is 10.2 Å². The lowest BCUT2D eigenvalue weighted by Crippen LogP contribution is -2.08. The standard InChI is InChI=1S/C18H13BrN6O2S/c1-10-15(22-21-12-8-6-11(19)7-9-12)28-18(23-20-10)24-25-16(26)13-4-2-3-5-14(13)17(25)27/h2-9,26-27H,1H3/b22-21?,24-18+. The Labute approximate surface area is 171 Å². The van der Waals surface area contributed by atoms with Gasteiger partial charge in [0.2, 0.25) is 11.8 Å². The quantitative estimate of drug-likeness (QED) is 0.433. The number of halogens is 1. The SMILES string of the molecule is Cc1nn/c(=N\n2c(O)c3ccccc3c2O)sc1N=Nc1ccc(Br)cc1. The predicted octanol–water partition coefficient (Wildman–Crippen LogP) is 4.75. The van der Waals surface area contributed by atoms with Gasteiger partial charge in [0, 0.05) is 15.2 Å². The summed E-state index contributed by atoms with van der Waals surface area (Å²) >= 11 is 4.51. The number of benzene rings is 2. The molecule has 8 nitrogen and oxygen atoms in total. The van der Waals surface area contributed by atoms with Crippen molar-refractivity contribution in [3.8, 4) is 11.8 Å². The summed E-state index contributed by atoms with van der Waals surface area (Å²) in [6.07, 6.45) is 0. The van der Waals surface area contributed by atoms with Crippen LogP contribution < -0.4 is 4.80 Å². The van der Waals surface area contributed by atoms with E-state index in [4.69, 9.17) is 0 Å². The van der Waals surface area contributed by atoms with Gasteiger partial charge in [0.25, 0.3) is 4.80 Å². The van der Waals surface area contributed by atoms with Crippen molar-refractivity contribution < 1.29 is 10.2 Å². The van der Waals surface area contributed by atoms with Crippen molar-refractivity contribution in [2.24, 2.45) is 15.3 Å². The molecule has 4 aromatic rings. The fourth-order valence-electron chi connectivity index (χ4n) is 2.47. The third kappa shape index (κ3) is 3.51. The molecule has 2 aromatic heterocycles. The number of hydrogen-bond acceptors (Lipinski definition) is 8. The Hall–Kier alpha value is -3.11. The zero-order chi connectivity index (χ0) is 19.7. The molecule has 0 radical (unpaired) electrons. The van der Waals surface area contributed by atoms with Gasteiger partial charge in [-0.3, -0.25) is 0 Å². The summed E-state index contributed by atoms with van der Waals surface area (Å²) in [5.74, 6) is -0.360. The van der Waals surface area contributed by atoms with Gasteiger partial charge in [-0.25, -0.2) is 0 Å². The maximum Gasteiger partial charge on any atom is 0.250 e. The Kier molecular flexibility index (Phi) is 4.88. The van der Waals surface area contributed by atoms with Crippen LogP contribution in [0.4, 0.5) is 10.7 Å². The molecule has 0 aliphatic carbocycles. The summed E-state index contributed by atoms with van der Waals surface area (Å²) in [4.78, 5) is 0.210. The Bertz CT molecular complexity index is 1220. The topological polar surface area (TPSA) is 108 Å². The lowest BCUT2D eigenvalue weighted by Gasteiger charge is -1.99. The smallest absolute Gasteiger partial charge is 0.250 e. The van der Waals surface area contributed by atoms with Gasteiger partial charge in [-0.1, -0.05) is 39.4 Å². The maximum atomic E-state index is 10.3. The molecule has 2 aromatic carbocycles. The molecule has 0 spiro atoms. The zero-order valence-corrected chi connectivity index (χ0v) is 16.9. The number of hydrogen-bond donors (Lipinski definition) is 2. The van der Waals surface area contributed by atoms with Crippen LogP contribution in [-0.4, -0.2) is 25.1 Å². The first-order valence-corrected chi connectivity index (χ1v) is 9.72. The molecule has 0 unspecified atom stereocenters. The summed E-state index contributed by atoms with van der Waals surface area (Å²) < 4.78 is 1.98. The van der Waals surface area contributed by atoms with Crippen LogP contribution in [0, 0.1) is 6.92 Å². The van der Waals surface area contributed by atoms with Crippen LogP contribution in [-0.2, 0) is 0 Å². The first-order chi connectivity index (χ1) is 13.5. The molecular weight excluding hydrogens is 444 g/mol. The van der Waals surface area contributed by atoms with Crippen LogP contribution in [0.15, 0.2) is 68.3 Å². The average Bonchev–Trinajstić information content (AvgIpc) is 2.95. The highest BCUT2D eigenvalue weighted by Gasteiger charge is 2.15. The highest BCUT2D eigenvalue weighted by molar-refractivity contribution is 9.10. The van der Waals surface area contributed by atoms with E-state index in [9.17, 15) is 10.2 Å². The van der Waals surface area contributed by atoms with Crippen molar-refractivity contribution in [2.75, 3.05) is 0 Å². The van der Waals surface area contributed by atoms with E-state index >= 15 is 0 Å². The molecule has 28 heavy (non-hydrogen) atoms. The van der Waals surface area contributed by atoms with Gasteiger partial charge in [0.05, 0.1) is 11.4 Å². The van der Waals surface area contributed by atoms with Crippen LogP contribution in [0.1, 0.15) is 5.69 Å². The van der Waals surface area contributed by atoms with Crippen molar-refractivity contribution in [2.45, 2.75) is 6.92 Å². The second-order valence-corrected chi connectivity index (χ2v) is 7.63. The molecule has 0 saturated carbocycles. The van der Waals surface area contributed by atoms with Crippen molar-refractivity contribution in [3.05, 3.63) is 63.5 Å². The first kappa shape index (κ1) is 18.3. The molecular formula is C18H13BrN6O2S. The average molecular weight is 457 g/mol. The monoisotopic (exact) mass is 456 g/mol. The summed E-state index contributed by atoms with van der Waals surface area (Å²) in [5.41, 5.74) is 1.29. The number of rotatable bonds is 3. The van der Waals surface area contributed by atoms with Crippen LogP contribution in [0.5, 0.6) is 11.8 Å². The lowest BCUT2D eigenvalue weighted by molar-refractivity contribution is 0.384. The largest absolute Gasteiger partial charge is 0.493 e. The van der Waals surface area contributed by atoms with Gasteiger partial charge in [-0.15, -0.1) is 25.5 Å². The van der Waals surface area contributed by atoms with E-state index in [-0.39, 0.29) is 16.6 Å². The number of azo groups is 1. The van der Waals surface area contributed by atoms with Crippen molar-refractivity contribution in [3.63, 3.8) is 0 Å². The zero-order valence-electron chi connectivity index (χ0n) is 14.5. The van der Waals surface area contributed by atoms with E-state index in [2.05, 4.69) is 41.5 Å². The third-order valence-corrected chi connectivity index (χ3v) is 5.31. The minimum absolute atomic E-state index is 0.180. The molecule has 0 aliphatic rings. The minimum Gasteiger partial charge on any atom is -0.493 e. The van der Waals surface area contributed by atoms with Crippen molar-refractivity contribution in [1.29, 1.82) is 0 Å². The molecule has 0 amide bonds. The second-order valence-electron chi connectivity index (χ2n) is 5.76. The number of aryl methyl sites for hydroxylation is 1. The summed E-state index contributed by atoms with van der Waals surface area (Å²) in [7, 11) is 0. The molecule has 140 valence electrons. The van der Waals surface area contributed by atoms with Gasteiger partial charge in [0.15, 0.2) is 5.00 Å². The molecule has 0 saturated heterocycles. The fourth-order valence-corrected chi connectivity index (χ4v) is 3.38. The third-order valence-electron chi connectivity index (χ3n) is 3.86. The molecule has 10 heteroatoms. The highest BCUT2D eigenvalue weighted by atomic mass is 79.9. The first-order valence-electron chi connectivity index (χ1n) is 8.11. The van der Waals surface area contributed by atoms with Gasteiger partial charge >= 0.3 is 0 Å². The number of aromatic nitrogens is 3. The Morgan fingerprint density at radius 1 is 0.929 bits per heavy atom. The van der Waals surface area contributed by atoms with E-state index in [1.54, 1.807) is 31.2 Å². The highest BCUT2D eigenvalue weighted by Crippen LogP contribution is 2.35. The molecule has 2 heterocycles. The summed E-state index contributed by atoms with van der Waals surface area (Å²) in [5, 5.41) is 42.9. The summed E-state index contributed by atoms with van der Waals surface area (Å²) in [6, 6.07) is 14.3. The second kappa shape index (κ2) is 7.49. The predicted molar refractivity (Wildman–Crippen MR) is 109 cm³/mol. The molecule has 2 N–H and O–H groups in total. The normalized spacial score (nSPS) is 12.3. The van der Waals surface area contributed by atoms with Crippen LogP contribution >= 0.6 is 27.3 Å². The Balaban J connectivity index is 1.76. The maximum absolute atomic E-state index is 10.3. The van der Waals surface area contributed by atoms with Gasteiger partial charge in [-0.05, 0) is 43.3 Å². The Morgan fingerprint density at radius 3 is 2.21 bits per heavy atom. The van der Waals surface area contributed by atoms with E-state index in [1.165, 1.54) is 0 Å². The van der Waals surface area contributed by atoms with E-state index in [0.29, 0.717) is 27.2 Å². The molecule has 0 atom stereocenters. The number of fused-ring (bicyclic) bond motifs is 1. The fraction of sp³-hybridized carbons (Fsp3) is 0.0556. The van der Waals surface area contributed by atoms with E-state index in [1.807, 2.05) is 24.3 Å². The van der Waals surface area contributed by atoms with Crippen LogP contribution in [0.3, 0.4) is 0 Å². The number of nitrogens with zero attached hydrogens (tertiary/aromatic N) is 6. The summed E-state index contributed by atoms with van der Waals surface area (Å²) in [6.45, 7) is 1.77. The Morgan fingerprint density at radius 2 is 1.57 bits per heavy atom. The molecule has 0 fully saturated rings. The van der Waals surface area contributed by atoms with Crippen LogP contribution in [0.25, 0.3) is 10.8 Å². The van der Waals surface area contributed by atoms with Crippen LogP contribution in [0.2, 0.25) is 0 Å². The lowest BCUT2D eigenvalue weighted by atomic mass is 10.2. The number of aromatic hydroxyl groups is 2. The van der Waals surface area contributed by atoms with Crippen molar-refractivity contribution >= 4 is 48.7 Å². The minimum atomic E-state index is -0.180. The van der Waals surface area contributed by atoms with Gasteiger partial charge in [0.1, 0.15) is 0 Å². The van der Waals surface area contributed by atoms with E-state index < -0.39 is 0 Å².